The zero-order valence-corrected chi connectivity index (χ0v) is 8.72. The molecule has 5 nitrogen and oxygen atoms in total. The van der Waals surface area contributed by atoms with E-state index in [4.69, 9.17) is 14.9 Å². The van der Waals surface area contributed by atoms with Crippen LogP contribution in [0.25, 0.3) is 0 Å². The lowest BCUT2D eigenvalue weighted by Crippen LogP contribution is -2.03. The number of benzene rings is 1. The highest BCUT2D eigenvalue weighted by Gasteiger charge is 2.17. The van der Waals surface area contributed by atoms with Gasteiger partial charge in [0.2, 0.25) is 0 Å². The Labute approximate surface area is 86.5 Å². The van der Waals surface area contributed by atoms with Crippen molar-refractivity contribution in [2.75, 3.05) is 0 Å². The van der Waals surface area contributed by atoms with Crippen molar-refractivity contribution < 1.29 is 24.3 Å². The van der Waals surface area contributed by atoms with Crippen LogP contribution in [0, 0.1) is 0 Å². The van der Waals surface area contributed by atoms with E-state index in [1.807, 2.05) is 0 Å². The van der Waals surface area contributed by atoms with Gasteiger partial charge in [0.25, 0.3) is 0 Å². The third-order valence-electron chi connectivity index (χ3n) is 1.84. The molecule has 0 unspecified atom stereocenters. The van der Waals surface area contributed by atoms with Gasteiger partial charge in [-0.25, -0.2) is 0 Å². The molecule has 0 spiro atoms. The predicted molar refractivity (Wildman–Crippen MR) is 53.5 cm³/mol. The summed E-state index contributed by atoms with van der Waals surface area (Å²) in [5.41, 5.74) is 0.821. The van der Waals surface area contributed by atoms with Crippen LogP contribution in [0.1, 0.15) is 11.1 Å². The highest BCUT2D eigenvalue weighted by molar-refractivity contribution is 7.50. The predicted octanol–water partition coefficient (Wildman–Crippen LogP) is 0.991. The van der Waals surface area contributed by atoms with Crippen molar-refractivity contribution >= 4 is 13.6 Å². The first-order chi connectivity index (χ1) is 6.88. The molecule has 3 N–H and O–H groups in total. The fraction of sp³-hybridized carbons (Fsp3) is 0.222. The molecule has 15 heavy (non-hydrogen) atoms. The van der Waals surface area contributed by atoms with Crippen molar-refractivity contribution in [3.8, 4) is 0 Å². The van der Waals surface area contributed by atoms with Gasteiger partial charge in [-0.05, 0) is 11.1 Å². The number of rotatable bonds is 4. The third kappa shape index (κ3) is 4.25. The molecule has 6 heteroatoms. The number of carboxylic acid groups (broad SMARTS) is 1. The Morgan fingerprint density at radius 3 is 2.20 bits per heavy atom. The molecule has 1 rings (SSSR count). The van der Waals surface area contributed by atoms with Crippen LogP contribution in [-0.2, 0) is 21.9 Å². The molecule has 0 aliphatic carbocycles. The third-order valence-corrected chi connectivity index (χ3v) is 2.59. The molecule has 0 fully saturated rings. The Kier molecular flexibility index (Phi) is 3.63. The lowest BCUT2D eigenvalue weighted by molar-refractivity contribution is -0.136. The van der Waals surface area contributed by atoms with Crippen molar-refractivity contribution in [1.82, 2.24) is 0 Å². The van der Waals surface area contributed by atoms with Gasteiger partial charge in [-0.1, -0.05) is 24.3 Å². The average molecular weight is 230 g/mol. The maximum absolute atomic E-state index is 10.8. The second-order valence-electron chi connectivity index (χ2n) is 3.16. The summed E-state index contributed by atoms with van der Waals surface area (Å²) >= 11 is 0. The van der Waals surface area contributed by atoms with Crippen molar-refractivity contribution in [2.45, 2.75) is 12.6 Å². The van der Waals surface area contributed by atoms with Gasteiger partial charge in [0, 0.05) is 0 Å². The Hall–Kier alpha value is -1.16. The number of carboxylic acids is 1. The van der Waals surface area contributed by atoms with Gasteiger partial charge in [0.15, 0.2) is 0 Å². The van der Waals surface area contributed by atoms with Gasteiger partial charge < -0.3 is 14.9 Å². The molecule has 0 atom stereocenters. The van der Waals surface area contributed by atoms with Crippen LogP contribution in [0.15, 0.2) is 24.3 Å². The molecule has 0 bridgehead atoms. The van der Waals surface area contributed by atoms with E-state index >= 15 is 0 Å². The zero-order chi connectivity index (χ0) is 11.5. The van der Waals surface area contributed by atoms with E-state index in [0.717, 1.165) is 0 Å². The Bertz CT molecular complexity index is 409. The van der Waals surface area contributed by atoms with Gasteiger partial charge in [-0.2, -0.15) is 0 Å². The summed E-state index contributed by atoms with van der Waals surface area (Å²) in [5.74, 6) is -1.02. The Morgan fingerprint density at radius 1 is 1.20 bits per heavy atom. The molecule has 0 amide bonds. The molecule has 0 heterocycles. The molecule has 0 aliphatic heterocycles. The zero-order valence-electron chi connectivity index (χ0n) is 7.83. The molecule has 0 aliphatic rings. The monoisotopic (exact) mass is 230 g/mol. The summed E-state index contributed by atoms with van der Waals surface area (Å²) in [6.07, 6.45) is -0.646. The summed E-state index contributed by atoms with van der Waals surface area (Å²) in [4.78, 5) is 28.1. The lowest BCUT2D eigenvalue weighted by Gasteiger charge is -2.08. The summed E-state index contributed by atoms with van der Waals surface area (Å²) in [6, 6.07) is 6.34. The van der Waals surface area contributed by atoms with E-state index in [0.29, 0.717) is 11.1 Å². The van der Waals surface area contributed by atoms with Crippen molar-refractivity contribution in [1.29, 1.82) is 0 Å². The second kappa shape index (κ2) is 4.57. The number of carbonyl (C=O) groups is 1. The van der Waals surface area contributed by atoms with Gasteiger partial charge >= 0.3 is 13.6 Å². The maximum Gasteiger partial charge on any atom is 0.329 e. The van der Waals surface area contributed by atoms with Crippen molar-refractivity contribution in [3.05, 3.63) is 35.4 Å². The van der Waals surface area contributed by atoms with E-state index in [1.165, 1.54) is 6.07 Å². The summed E-state index contributed by atoms with van der Waals surface area (Å²) < 4.78 is 10.8. The highest BCUT2D eigenvalue weighted by Crippen LogP contribution is 2.39. The minimum atomic E-state index is -4.15. The lowest BCUT2D eigenvalue weighted by atomic mass is 10.1. The van der Waals surface area contributed by atoms with E-state index < -0.39 is 19.7 Å². The first-order valence-electron chi connectivity index (χ1n) is 4.21. The van der Waals surface area contributed by atoms with Crippen LogP contribution >= 0.6 is 7.60 Å². The van der Waals surface area contributed by atoms with E-state index in [2.05, 4.69) is 0 Å². The second-order valence-corrected chi connectivity index (χ2v) is 4.81. The summed E-state index contributed by atoms with van der Waals surface area (Å²) in [7, 11) is -4.15. The molecular formula is C9H11O5P. The van der Waals surface area contributed by atoms with E-state index in [1.54, 1.807) is 18.2 Å². The van der Waals surface area contributed by atoms with Gasteiger partial charge in [0.1, 0.15) is 0 Å². The van der Waals surface area contributed by atoms with Gasteiger partial charge in [-0.3, -0.25) is 9.36 Å². The molecule has 0 saturated carbocycles. The van der Waals surface area contributed by atoms with Gasteiger partial charge in [0.05, 0.1) is 12.6 Å². The minimum absolute atomic E-state index is 0.226. The Morgan fingerprint density at radius 2 is 1.73 bits per heavy atom. The fourth-order valence-electron chi connectivity index (χ4n) is 1.27. The topological polar surface area (TPSA) is 94.8 Å². The first-order valence-corrected chi connectivity index (χ1v) is 6.01. The SMILES string of the molecule is O=C(O)Cc1ccccc1CP(=O)(O)O. The van der Waals surface area contributed by atoms with Crippen LogP contribution in [-0.4, -0.2) is 20.9 Å². The molecule has 1 aromatic carbocycles. The van der Waals surface area contributed by atoms with Crippen LogP contribution in [0.5, 0.6) is 0 Å². The average Bonchev–Trinajstić information content (AvgIpc) is 2.05. The number of hydrogen-bond donors (Lipinski definition) is 3. The van der Waals surface area contributed by atoms with E-state index in [-0.39, 0.29) is 6.42 Å². The van der Waals surface area contributed by atoms with Gasteiger partial charge in [-0.15, -0.1) is 0 Å². The molecule has 82 valence electrons. The van der Waals surface area contributed by atoms with Crippen LogP contribution < -0.4 is 0 Å². The number of aliphatic carboxylic acids is 1. The normalized spacial score (nSPS) is 11.3. The van der Waals surface area contributed by atoms with Crippen LogP contribution in [0.4, 0.5) is 0 Å². The largest absolute Gasteiger partial charge is 0.481 e. The van der Waals surface area contributed by atoms with Crippen molar-refractivity contribution in [2.24, 2.45) is 0 Å². The highest BCUT2D eigenvalue weighted by atomic mass is 31.2. The summed E-state index contributed by atoms with van der Waals surface area (Å²) in [6.45, 7) is 0. The van der Waals surface area contributed by atoms with Crippen LogP contribution in [0.2, 0.25) is 0 Å². The summed E-state index contributed by atoms with van der Waals surface area (Å²) in [5, 5.41) is 8.60. The quantitative estimate of drug-likeness (QED) is 0.670. The molecular weight excluding hydrogens is 219 g/mol. The molecule has 0 saturated heterocycles. The van der Waals surface area contributed by atoms with E-state index in [9.17, 15) is 9.36 Å². The number of hydrogen-bond acceptors (Lipinski definition) is 2. The molecule has 1 aromatic rings. The first kappa shape index (κ1) is 11.9. The fourth-order valence-corrected chi connectivity index (χ4v) is 2.02. The smallest absolute Gasteiger partial charge is 0.329 e. The van der Waals surface area contributed by atoms with Crippen LogP contribution in [0.3, 0.4) is 0 Å². The van der Waals surface area contributed by atoms with Crippen molar-refractivity contribution in [3.63, 3.8) is 0 Å². The molecule has 0 aromatic heterocycles. The standard InChI is InChI=1S/C9H11O5P/c10-9(11)5-7-3-1-2-4-8(7)6-15(12,13)14/h1-4H,5-6H2,(H,10,11)(H2,12,13,14). The molecule has 0 radical (unpaired) electrons. The maximum atomic E-state index is 10.8. The minimum Gasteiger partial charge on any atom is -0.481 e. The Balaban J connectivity index is 2.96.